The maximum absolute atomic E-state index is 13.6. The van der Waals surface area contributed by atoms with E-state index in [0.29, 0.717) is 5.56 Å². The second-order valence-corrected chi connectivity index (χ2v) is 3.45. The van der Waals surface area contributed by atoms with Crippen LogP contribution >= 0.6 is 0 Å². The number of hydrogen-bond acceptors (Lipinski definition) is 5. The van der Waals surface area contributed by atoms with Crippen LogP contribution in [-0.2, 0) is 0 Å². The summed E-state index contributed by atoms with van der Waals surface area (Å²) in [6.45, 7) is 0. The molecule has 1 heterocycles. The van der Waals surface area contributed by atoms with Gasteiger partial charge < -0.3 is 5.32 Å². The molecule has 92 valence electrons. The molecule has 0 atom stereocenters. The normalized spacial score (nSPS) is 10.1. The van der Waals surface area contributed by atoms with Crippen molar-refractivity contribution in [3.05, 3.63) is 46.4 Å². The van der Waals surface area contributed by atoms with Crippen LogP contribution in [0.2, 0.25) is 0 Å². The predicted molar refractivity (Wildman–Crippen MR) is 63.6 cm³/mol. The molecule has 18 heavy (non-hydrogen) atoms. The summed E-state index contributed by atoms with van der Waals surface area (Å²) in [6.07, 6.45) is 1.02. The lowest BCUT2D eigenvalue weighted by molar-refractivity contribution is -0.384. The molecule has 2 aromatic rings. The number of nitrogens with one attached hydrogen (secondary N) is 1. The van der Waals surface area contributed by atoms with Crippen LogP contribution in [0.25, 0.3) is 11.3 Å². The largest absolute Gasteiger partial charge is 0.357 e. The van der Waals surface area contributed by atoms with Gasteiger partial charge in [0.1, 0.15) is 5.69 Å². The monoisotopic (exact) mass is 248 g/mol. The van der Waals surface area contributed by atoms with E-state index >= 15 is 0 Å². The van der Waals surface area contributed by atoms with E-state index in [-0.39, 0.29) is 17.3 Å². The van der Waals surface area contributed by atoms with E-state index in [1.807, 2.05) is 0 Å². The summed E-state index contributed by atoms with van der Waals surface area (Å²) in [6, 6.07) is 5.64. The molecule has 1 aromatic carbocycles. The van der Waals surface area contributed by atoms with Crippen LogP contribution in [0.1, 0.15) is 0 Å². The van der Waals surface area contributed by atoms with Gasteiger partial charge in [0.05, 0.1) is 11.1 Å². The third-order valence-electron chi connectivity index (χ3n) is 2.30. The van der Waals surface area contributed by atoms with E-state index in [4.69, 9.17) is 0 Å². The third-order valence-corrected chi connectivity index (χ3v) is 2.30. The molecule has 0 saturated heterocycles. The van der Waals surface area contributed by atoms with Crippen molar-refractivity contribution in [2.75, 3.05) is 12.4 Å². The molecule has 1 N–H and O–H groups in total. The van der Waals surface area contributed by atoms with Crippen molar-refractivity contribution in [1.29, 1.82) is 0 Å². The third kappa shape index (κ3) is 2.24. The summed E-state index contributed by atoms with van der Waals surface area (Å²) < 4.78 is 13.6. The Balaban J connectivity index is 2.54. The Hall–Kier alpha value is -2.57. The highest BCUT2D eigenvalue weighted by Gasteiger charge is 2.12. The van der Waals surface area contributed by atoms with E-state index < -0.39 is 10.7 Å². The number of nitro benzene ring substituents is 1. The molecule has 0 aliphatic heterocycles. The summed E-state index contributed by atoms with van der Waals surface area (Å²) in [5.41, 5.74) is 0.246. The molecule has 6 nitrogen and oxygen atoms in total. The lowest BCUT2D eigenvalue weighted by atomic mass is 10.1. The fourth-order valence-corrected chi connectivity index (χ4v) is 1.46. The first-order chi connectivity index (χ1) is 8.61. The molecule has 0 spiro atoms. The van der Waals surface area contributed by atoms with Crippen molar-refractivity contribution in [1.82, 2.24) is 9.97 Å². The van der Waals surface area contributed by atoms with Gasteiger partial charge in [0, 0.05) is 24.7 Å². The first-order valence-corrected chi connectivity index (χ1v) is 5.07. The number of hydrogen-bond donors (Lipinski definition) is 1. The first-order valence-electron chi connectivity index (χ1n) is 5.07. The van der Waals surface area contributed by atoms with E-state index in [1.165, 1.54) is 18.2 Å². The number of non-ortho nitro benzene ring substituents is 1. The Kier molecular flexibility index (Phi) is 3.13. The van der Waals surface area contributed by atoms with Crippen molar-refractivity contribution in [3.8, 4) is 11.3 Å². The lowest BCUT2D eigenvalue weighted by Gasteiger charge is -2.04. The zero-order valence-electron chi connectivity index (χ0n) is 9.42. The molecule has 0 aliphatic carbocycles. The van der Waals surface area contributed by atoms with Crippen molar-refractivity contribution < 1.29 is 9.31 Å². The fourth-order valence-electron chi connectivity index (χ4n) is 1.46. The van der Waals surface area contributed by atoms with Crippen LogP contribution in [0.4, 0.5) is 16.0 Å². The van der Waals surface area contributed by atoms with E-state index in [2.05, 4.69) is 15.3 Å². The molecule has 0 aliphatic rings. The first kappa shape index (κ1) is 11.9. The number of aromatic nitrogens is 2. The van der Waals surface area contributed by atoms with Gasteiger partial charge in [0.25, 0.3) is 5.69 Å². The summed E-state index contributed by atoms with van der Waals surface area (Å²) >= 11 is 0. The minimum Gasteiger partial charge on any atom is -0.357 e. The summed E-state index contributed by atoms with van der Waals surface area (Å²) in [5.74, 6) is -0.382. The molecule has 0 radical (unpaired) electrons. The zero-order chi connectivity index (χ0) is 13.1. The lowest BCUT2D eigenvalue weighted by Crippen LogP contribution is -2.00. The van der Waals surface area contributed by atoms with Gasteiger partial charge in [-0.25, -0.2) is 14.4 Å². The maximum Gasteiger partial charge on any atom is 0.270 e. The van der Waals surface area contributed by atoms with Gasteiger partial charge in [0.15, 0.2) is 5.82 Å². The number of halogens is 1. The molecule has 0 saturated carbocycles. The number of nitrogens with zero attached hydrogens (tertiary/aromatic N) is 3. The number of anilines is 1. The number of benzene rings is 1. The van der Waals surface area contributed by atoms with Crippen molar-refractivity contribution in [2.24, 2.45) is 0 Å². The predicted octanol–water partition coefficient (Wildman–Crippen LogP) is 2.23. The summed E-state index contributed by atoms with van der Waals surface area (Å²) in [5, 5.41) is 13.3. The highest BCUT2D eigenvalue weighted by molar-refractivity contribution is 5.63. The quantitative estimate of drug-likeness (QED) is 0.665. The standard InChI is InChI=1S/C11H9FN4O2/c1-13-11-14-6-9(12)10(15-11)7-3-2-4-8(5-7)16(17)18/h2-6H,1H3,(H,13,14,15). The topological polar surface area (TPSA) is 81.0 Å². The minimum absolute atomic E-state index is 0.0260. The SMILES string of the molecule is CNc1ncc(F)c(-c2cccc([N+](=O)[O-])c2)n1. The Morgan fingerprint density at radius 1 is 1.44 bits per heavy atom. The van der Waals surface area contributed by atoms with Gasteiger partial charge in [0.2, 0.25) is 5.95 Å². The van der Waals surface area contributed by atoms with Crippen LogP contribution < -0.4 is 5.32 Å². The Labute approximate surface area is 102 Å². The van der Waals surface area contributed by atoms with Gasteiger partial charge in [-0.3, -0.25) is 10.1 Å². The second kappa shape index (κ2) is 4.74. The molecule has 1 aromatic heterocycles. The molecule has 0 amide bonds. The van der Waals surface area contributed by atoms with E-state index in [1.54, 1.807) is 13.1 Å². The fraction of sp³-hybridized carbons (Fsp3) is 0.0909. The van der Waals surface area contributed by atoms with Crippen LogP contribution in [0, 0.1) is 15.9 Å². The van der Waals surface area contributed by atoms with Crippen molar-refractivity contribution in [2.45, 2.75) is 0 Å². The summed E-state index contributed by atoms with van der Waals surface area (Å²) in [4.78, 5) is 17.8. The molecule has 7 heteroatoms. The zero-order valence-corrected chi connectivity index (χ0v) is 9.42. The van der Waals surface area contributed by atoms with Gasteiger partial charge in [-0.2, -0.15) is 0 Å². The van der Waals surface area contributed by atoms with Crippen molar-refractivity contribution in [3.63, 3.8) is 0 Å². The average molecular weight is 248 g/mol. The molecule has 0 bridgehead atoms. The van der Waals surface area contributed by atoms with Crippen molar-refractivity contribution >= 4 is 11.6 Å². The van der Waals surface area contributed by atoms with E-state index in [9.17, 15) is 14.5 Å². The second-order valence-electron chi connectivity index (χ2n) is 3.45. The molecular weight excluding hydrogens is 239 g/mol. The van der Waals surface area contributed by atoms with E-state index in [0.717, 1.165) is 6.20 Å². The average Bonchev–Trinajstić information content (AvgIpc) is 2.39. The van der Waals surface area contributed by atoms with Gasteiger partial charge in [-0.05, 0) is 0 Å². The highest BCUT2D eigenvalue weighted by atomic mass is 19.1. The maximum atomic E-state index is 13.6. The Morgan fingerprint density at radius 2 is 2.22 bits per heavy atom. The minimum atomic E-state index is -0.630. The highest BCUT2D eigenvalue weighted by Crippen LogP contribution is 2.24. The van der Waals surface area contributed by atoms with Gasteiger partial charge in [-0.15, -0.1) is 0 Å². The number of nitro groups is 1. The van der Waals surface area contributed by atoms with Crippen LogP contribution in [0.15, 0.2) is 30.5 Å². The number of rotatable bonds is 3. The smallest absolute Gasteiger partial charge is 0.270 e. The molecular formula is C11H9FN4O2. The Bertz CT molecular complexity index is 603. The molecule has 0 fully saturated rings. The molecule has 0 unspecified atom stereocenters. The van der Waals surface area contributed by atoms with Crippen LogP contribution in [-0.4, -0.2) is 21.9 Å². The van der Waals surface area contributed by atoms with Crippen LogP contribution in [0.5, 0.6) is 0 Å². The summed E-state index contributed by atoms with van der Waals surface area (Å²) in [7, 11) is 1.60. The van der Waals surface area contributed by atoms with Gasteiger partial charge >= 0.3 is 0 Å². The van der Waals surface area contributed by atoms with Crippen LogP contribution in [0.3, 0.4) is 0 Å². The van der Waals surface area contributed by atoms with Gasteiger partial charge in [-0.1, -0.05) is 12.1 Å². The Morgan fingerprint density at radius 3 is 2.89 bits per heavy atom. The molecule has 2 rings (SSSR count).